The molecular weight excluding hydrogens is 238 g/mol. The summed E-state index contributed by atoms with van der Waals surface area (Å²) in [6.07, 6.45) is 7.15. The summed E-state index contributed by atoms with van der Waals surface area (Å²) in [6, 6.07) is 8.23. The van der Waals surface area contributed by atoms with Gasteiger partial charge in [-0.05, 0) is 43.0 Å². The van der Waals surface area contributed by atoms with Crippen LogP contribution in [0.15, 0.2) is 36.4 Å². The van der Waals surface area contributed by atoms with E-state index < -0.39 is 0 Å². The number of carbonyl (C=O) groups excluding carboxylic acids is 1. The lowest BCUT2D eigenvalue weighted by atomic mass is 9.71. The van der Waals surface area contributed by atoms with E-state index in [0.717, 1.165) is 17.3 Å². The Morgan fingerprint density at radius 3 is 2.63 bits per heavy atom. The van der Waals surface area contributed by atoms with Gasteiger partial charge in [0.2, 0.25) is 0 Å². The lowest BCUT2D eigenvalue weighted by Crippen LogP contribution is -2.43. The zero-order chi connectivity index (χ0) is 13.2. The maximum absolute atomic E-state index is 11.2. The molecule has 2 aliphatic carbocycles. The second-order valence-corrected chi connectivity index (χ2v) is 5.27. The number of urea groups is 1. The van der Waals surface area contributed by atoms with Crippen LogP contribution in [-0.2, 0) is 0 Å². The van der Waals surface area contributed by atoms with E-state index >= 15 is 0 Å². The van der Waals surface area contributed by atoms with Crippen LogP contribution in [-0.4, -0.2) is 19.1 Å². The third-order valence-corrected chi connectivity index (χ3v) is 4.08. The Kier molecular flexibility index (Phi) is 3.15. The Morgan fingerprint density at radius 2 is 1.95 bits per heavy atom. The van der Waals surface area contributed by atoms with Crippen LogP contribution < -0.4 is 16.0 Å². The summed E-state index contributed by atoms with van der Waals surface area (Å²) >= 11 is 0. The first-order valence-corrected chi connectivity index (χ1v) is 6.78. The van der Waals surface area contributed by atoms with Crippen molar-refractivity contribution in [3.05, 3.63) is 36.4 Å². The molecule has 3 N–H and O–H groups in total. The standard InChI is InChI=1S/C15H19N3O/c1-16-15(19)18-12-7-5-11(6-8-12)17-14-9-10-3-2-4-13(10)14/h2,4-8,10,13-14,17H,3,9H2,1H3,(H2,16,18,19). The molecule has 0 saturated heterocycles. The second-order valence-electron chi connectivity index (χ2n) is 5.27. The van der Waals surface area contributed by atoms with Gasteiger partial charge in [0.15, 0.2) is 0 Å². The Balaban J connectivity index is 1.57. The van der Waals surface area contributed by atoms with Crippen molar-refractivity contribution in [2.45, 2.75) is 18.9 Å². The molecular formula is C15H19N3O. The first-order chi connectivity index (χ1) is 9.26. The molecule has 0 bridgehead atoms. The number of anilines is 2. The molecule has 1 aromatic carbocycles. The fourth-order valence-electron chi connectivity index (χ4n) is 2.94. The minimum absolute atomic E-state index is 0.196. The Bertz CT molecular complexity index is 495. The molecule has 19 heavy (non-hydrogen) atoms. The normalized spacial score (nSPS) is 27.3. The molecule has 100 valence electrons. The number of benzene rings is 1. The van der Waals surface area contributed by atoms with Gasteiger partial charge >= 0.3 is 6.03 Å². The molecule has 3 unspecified atom stereocenters. The number of rotatable bonds is 3. The van der Waals surface area contributed by atoms with Crippen molar-refractivity contribution >= 4 is 17.4 Å². The summed E-state index contributed by atoms with van der Waals surface area (Å²) in [6.45, 7) is 0. The fraction of sp³-hybridized carbons (Fsp3) is 0.400. The summed E-state index contributed by atoms with van der Waals surface area (Å²) in [4.78, 5) is 11.2. The molecule has 4 nitrogen and oxygen atoms in total. The van der Waals surface area contributed by atoms with Gasteiger partial charge in [0.05, 0.1) is 0 Å². The van der Waals surface area contributed by atoms with Gasteiger partial charge in [-0.25, -0.2) is 4.79 Å². The molecule has 0 spiro atoms. The smallest absolute Gasteiger partial charge is 0.318 e. The quantitative estimate of drug-likeness (QED) is 0.729. The topological polar surface area (TPSA) is 53.2 Å². The van der Waals surface area contributed by atoms with E-state index in [9.17, 15) is 4.79 Å². The molecule has 2 aliphatic rings. The molecule has 1 fully saturated rings. The van der Waals surface area contributed by atoms with Crippen LogP contribution in [0, 0.1) is 11.8 Å². The van der Waals surface area contributed by atoms with Gasteiger partial charge in [-0.3, -0.25) is 0 Å². The van der Waals surface area contributed by atoms with E-state index in [-0.39, 0.29) is 6.03 Å². The number of amides is 2. The highest BCUT2D eigenvalue weighted by molar-refractivity contribution is 5.89. The Morgan fingerprint density at radius 1 is 1.21 bits per heavy atom. The van der Waals surface area contributed by atoms with E-state index in [4.69, 9.17) is 0 Å². The van der Waals surface area contributed by atoms with Crippen LogP contribution >= 0.6 is 0 Å². The summed E-state index contributed by atoms with van der Waals surface area (Å²) in [5.41, 5.74) is 1.92. The number of fused-ring (bicyclic) bond motifs is 1. The number of hydrogen-bond donors (Lipinski definition) is 3. The largest absolute Gasteiger partial charge is 0.382 e. The van der Waals surface area contributed by atoms with Gasteiger partial charge in [0.25, 0.3) is 0 Å². The van der Waals surface area contributed by atoms with Crippen LogP contribution in [0.25, 0.3) is 0 Å². The minimum atomic E-state index is -0.196. The Hall–Kier alpha value is -1.97. The Labute approximate surface area is 113 Å². The van der Waals surface area contributed by atoms with Crippen molar-refractivity contribution < 1.29 is 4.79 Å². The third-order valence-electron chi connectivity index (χ3n) is 4.08. The van der Waals surface area contributed by atoms with Crippen molar-refractivity contribution in [2.24, 2.45) is 11.8 Å². The highest BCUT2D eigenvalue weighted by Crippen LogP contribution is 2.44. The first-order valence-electron chi connectivity index (χ1n) is 6.78. The molecule has 0 heterocycles. The number of hydrogen-bond acceptors (Lipinski definition) is 2. The highest BCUT2D eigenvalue weighted by Gasteiger charge is 2.40. The van der Waals surface area contributed by atoms with Crippen molar-refractivity contribution in [3.8, 4) is 0 Å². The predicted molar refractivity (Wildman–Crippen MR) is 77.3 cm³/mol. The van der Waals surface area contributed by atoms with Crippen molar-refractivity contribution in [1.29, 1.82) is 0 Å². The van der Waals surface area contributed by atoms with Crippen LogP contribution in [0.3, 0.4) is 0 Å². The molecule has 2 amide bonds. The van der Waals surface area contributed by atoms with Crippen molar-refractivity contribution in [2.75, 3.05) is 17.7 Å². The van der Waals surface area contributed by atoms with Crippen LogP contribution in [0.5, 0.6) is 0 Å². The molecule has 3 rings (SSSR count). The molecule has 1 aromatic rings. The maximum Gasteiger partial charge on any atom is 0.318 e. The van der Waals surface area contributed by atoms with E-state index in [1.807, 2.05) is 24.3 Å². The lowest BCUT2D eigenvalue weighted by molar-refractivity contribution is 0.218. The van der Waals surface area contributed by atoms with Crippen LogP contribution in [0.4, 0.5) is 16.2 Å². The van der Waals surface area contributed by atoms with Crippen molar-refractivity contribution in [3.63, 3.8) is 0 Å². The zero-order valence-corrected chi connectivity index (χ0v) is 11.0. The third kappa shape index (κ3) is 2.43. The van der Waals surface area contributed by atoms with Crippen LogP contribution in [0.2, 0.25) is 0 Å². The molecule has 0 aromatic heterocycles. The van der Waals surface area contributed by atoms with E-state index in [0.29, 0.717) is 12.0 Å². The summed E-state index contributed by atoms with van der Waals surface area (Å²) in [7, 11) is 1.60. The average Bonchev–Trinajstić information content (AvgIpc) is 2.79. The van der Waals surface area contributed by atoms with Gasteiger partial charge in [-0.15, -0.1) is 0 Å². The second kappa shape index (κ2) is 4.96. The molecule has 3 atom stereocenters. The van der Waals surface area contributed by atoms with Gasteiger partial charge in [-0.2, -0.15) is 0 Å². The summed E-state index contributed by atoms with van der Waals surface area (Å²) in [5, 5.41) is 8.84. The monoisotopic (exact) mass is 257 g/mol. The first kappa shape index (κ1) is 12.1. The number of carbonyl (C=O) groups is 1. The highest BCUT2D eigenvalue weighted by atomic mass is 16.2. The number of allylic oxidation sites excluding steroid dienone is 1. The van der Waals surface area contributed by atoms with Gasteiger partial charge in [0, 0.05) is 30.4 Å². The maximum atomic E-state index is 11.2. The molecule has 0 aliphatic heterocycles. The van der Waals surface area contributed by atoms with E-state index in [1.54, 1.807) is 7.05 Å². The minimum Gasteiger partial charge on any atom is -0.382 e. The summed E-state index contributed by atoms with van der Waals surface area (Å²) < 4.78 is 0. The van der Waals surface area contributed by atoms with Crippen LogP contribution in [0.1, 0.15) is 12.8 Å². The number of nitrogens with one attached hydrogen (secondary N) is 3. The molecule has 4 heteroatoms. The van der Waals surface area contributed by atoms with Crippen molar-refractivity contribution in [1.82, 2.24) is 5.32 Å². The zero-order valence-electron chi connectivity index (χ0n) is 11.0. The van der Waals surface area contributed by atoms with Gasteiger partial charge < -0.3 is 16.0 Å². The van der Waals surface area contributed by atoms with E-state index in [1.165, 1.54) is 12.8 Å². The molecule has 0 radical (unpaired) electrons. The fourth-order valence-corrected chi connectivity index (χ4v) is 2.94. The lowest BCUT2D eigenvalue weighted by Gasteiger charge is -2.41. The SMILES string of the molecule is CNC(=O)Nc1ccc(NC2CC3CC=CC32)cc1. The van der Waals surface area contributed by atoms with E-state index in [2.05, 4.69) is 28.1 Å². The van der Waals surface area contributed by atoms with Gasteiger partial charge in [-0.1, -0.05) is 12.2 Å². The molecule has 1 saturated carbocycles. The summed E-state index contributed by atoms with van der Waals surface area (Å²) in [5.74, 6) is 1.58. The van der Waals surface area contributed by atoms with Gasteiger partial charge in [0.1, 0.15) is 0 Å². The average molecular weight is 257 g/mol. The predicted octanol–water partition coefficient (Wildman–Crippen LogP) is 2.81.